The van der Waals surface area contributed by atoms with E-state index in [2.05, 4.69) is 44.2 Å². The van der Waals surface area contributed by atoms with Crippen LogP contribution in [0.3, 0.4) is 0 Å². The number of carbonyl (C=O) groups excluding carboxylic acids is 1. The van der Waals surface area contributed by atoms with Crippen LogP contribution < -0.4 is 10.0 Å². The lowest BCUT2D eigenvalue weighted by atomic mass is 10.0. The van der Waals surface area contributed by atoms with Gasteiger partial charge in [-0.3, -0.25) is 14.4 Å². The molecule has 0 aliphatic carbocycles. The van der Waals surface area contributed by atoms with Crippen LogP contribution in [0.2, 0.25) is 0 Å². The maximum Gasteiger partial charge on any atom is 0.263 e. The summed E-state index contributed by atoms with van der Waals surface area (Å²) in [6.07, 6.45) is 1.76. The number of rotatable bonds is 7. The van der Waals surface area contributed by atoms with Gasteiger partial charge in [-0.15, -0.1) is 0 Å². The van der Waals surface area contributed by atoms with E-state index in [1.54, 1.807) is 26.0 Å². The van der Waals surface area contributed by atoms with E-state index in [1.165, 1.54) is 5.56 Å². The first-order valence-electron chi connectivity index (χ1n) is 11.4. The highest BCUT2D eigenvalue weighted by Gasteiger charge is 2.25. The number of piperidine rings is 1. The standard InChI is InChI=1S/C25H30N4O3S2/c1-17-9-10-22(18(2)15-17)34(31,32)28-25-26-19(3)23(33-25)24(30)27-21-11-13-29(14-12-21)16-20-7-5-4-6-8-20/h4-10,15,21H,11-14,16H2,1-3H3,(H,26,28)(H,27,30). The number of nitrogens with zero attached hydrogens (tertiary/aromatic N) is 2. The number of anilines is 1. The lowest BCUT2D eigenvalue weighted by Crippen LogP contribution is -2.44. The summed E-state index contributed by atoms with van der Waals surface area (Å²) in [6, 6.07) is 15.7. The van der Waals surface area contributed by atoms with Gasteiger partial charge in [-0.05, 0) is 50.8 Å². The Kier molecular flexibility index (Phi) is 7.35. The number of sulfonamides is 1. The smallest absolute Gasteiger partial charge is 0.263 e. The molecule has 0 spiro atoms. The molecular weight excluding hydrogens is 468 g/mol. The Balaban J connectivity index is 1.35. The summed E-state index contributed by atoms with van der Waals surface area (Å²) in [5, 5.41) is 3.31. The highest BCUT2D eigenvalue weighted by Crippen LogP contribution is 2.27. The van der Waals surface area contributed by atoms with E-state index in [1.807, 2.05) is 19.1 Å². The summed E-state index contributed by atoms with van der Waals surface area (Å²) >= 11 is 1.07. The van der Waals surface area contributed by atoms with E-state index in [0.717, 1.165) is 49.4 Å². The van der Waals surface area contributed by atoms with E-state index in [9.17, 15) is 13.2 Å². The van der Waals surface area contributed by atoms with Crippen LogP contribution in [-0.4, -0.2) is 43.3 Å². The molecule has 3 aromatic rings. The predicted octanol–water partition coefficient (Wildman–Crippen LogP) is 4.26. The quantitative estimate of drug-likeness (QED) is 0.508. The molecule has 180 valence electrons. The van der Waals surface area contributed by atoms with Gasteiger partial charge in [-0.1, -0.05) is 59.4 Å². The fourth-order valence-electron chi connectivity index (χ4n) is 4.25. The average molecular weight is 499 g/mol. The molecule has 1 aliphatic rings. The number of thiazole rings is 1. The molecule has 2 heterocycles. The summed E-state index contributed by atoms with van der Waals surface area (Å²) in [5.74, 6) is -0.200. The summed E-state index contributed by atoms with van der Waals surface area (Å²) in [4.78, 5) is 20.3. The van der Waals surface area contributed by atoms with Crippen molar-refractivity contribution in [1.82, 2.24) is 15.2 Å². The molecule has 1 saturated heterocycles. The van der Waals surface area contributed by atoms with E-state index in [4.69, 9.17) is 0 Å². The molecule has 34 heavy (non-hydrogen) atoms. The van der Waals surface area contributed by atoms with Gasteiger partial charge in [0.05, 0.1) is 10.6 Å². The zero-order chi connectivity index (χ0) is 24.3. The Morgan fingerprint density at radius 2 is 1.79 bits per heavy atom. The second kappa shape index (κ2) is 10.2. The Morgan fingerprint density at radius 1 is 1.09 bits per heavy atom. The van der Waals surface area contributed by atoms with Gasteiger partial charge in [0.25, 0.3) is 15.9 Å². The normalized spacial score (nSPS) is 15.3. The molecule has 0 unspecified atom stereocenters. The minimum atomic E-state index is -3.79. The Hall–Kier alpha value is -2.75. The van der Waals surface area contributed by atoms with Crippen LogP contribution in [0, 0.1) is 20.8 Å². The number of nitrogens with one attached hydrogen (secondary N) is 2. The molecule has 7 nitrogen and oxygen atoms in total. The molecule has 0 atom stereocenters. The lowest BCUT2D eigenvalue weighted by Gasteiger charge is -2.32. The number of likely N-dealkylation sites (tertiary alicyclic amines) is 1. The summed E-state index contributed by atoms with van der Waals surface area (Å²) in [7, 11) is -3.79. The van der Waals surface area contributed by atoms with Gasteiger partial charge in [0.15, 0.2) is 5.13 Å². The topological polar surface area (TPSA) is 91.4 Å². The number of carbonyl (C=O) groups is 1. The Bertz CT molecular complexity index is 1260. The second-order valence-corrected chi connectivity index (χ2v) is 11.5. The third-order valence-electron chi connectivity index (χ3n) is 6.02. The van der Waals surface area contributed by atoms with Crippen molar-refractivity contribution >= 4 is 32.4 Å². The van der Waals surface area contributed by atoms with Crippen molar-refractivity contribution in [3.8, 4) is 0 Å². The van der Waals surface area contributed by atoms with Crippen LogP contribution in [0.25, 0.3) is 0 Å². The highest BCUT2D eigenvalue weighted by molar-refractivity contribution is 7.93. The molecule has 2 aromatic carbocycles. The first-order valence-corrected chi connectivity index (χ1v) is 13.7. The Morgan fingerprint density at radius 3 is 2.47 bits per heavy atom. The maximum absolute atomic E-state index is 12.9. The predicted molar refractivity (Wildman–Crippen MR) is 136 cm³/mol. The number of aromatic nitrogens is 1. The molecule has 1 aromatic heterocycles. The van der Waals surface area contributed by atoms with E-state index in [0.29, 0.717) is 16.1 Å². The second-order valence-electron chi connectivity index (χ2n) is 8.82. The number of benzene rings is 2. The third-order valence-corrected chi connectivity index (χ3v) is 8.72. The van der Waals surface area contributed by atoms with E-state index >= 15 is 0 Å². The van der Waals surface area contributed by atoms with Crippen LogP contribution in [0.1, 0.15) is 44.9 Å². The summed E-state index contributed by atoms with van der Waals surface area (Å²) < 4.78 is 28.2. The molecule has 1 aliphatic heterocycles. The van der Waals surface area contributed by atoms with Crippen molar-refractivity contribution in [2.75, 3.05) is 17.8 Å². The molecule has 0 bridgehead atoms. The van der Waals surface area contributed by atoms with Gasteiger partial charge in [0.1, 0.15) is 4.88 Å². The number of hydrogen-bond donors (Lipinski definition) is 2. The van der Waals surface area contributed by atoms with Crippen LogP contribution in [-0.2, 0) is 16.6 Å². The molecule has 1 amide bonds. The van der Waals surface area contributed by atoms with Crippen LogP contribution in [0.5, 0.6) is 0 Å². The highest BCUT2D eigenvalue weighted by atomic mass is 32.2. The fraction of sp³-hybridized carbons (Fsp3) is 0.360. The number of hydrogen-bond acceptors (Lipinski definition) is 6. The SMILES string of the molecule is Cc1ccc(S(=O)(=O)Nc2nc(C)c(C(=O)NC3CCN(Cc4ccccc4)CC3)s2)c(C)c1. The van der Waals surface area contributed by atoms with Gasteiger partial charge in [-0.2, -0.15) is 0 Å². The van der Waals surface area contributed by atoms with E-state index in [-0.39, 0.29) is 22.0 Å². The third kappa shape index (κ3) is 5.84. The largest absolute Gasteiger partial charge is 0.348 e. The van der Waals surface area contributed by atoms with Crippen LogP contribution >= 0.6 is 11.3 Å². The minimum Gasteiger partial charge on any atom is -0.348 e. The van der Waals surface area contributed by atoms with E-state index < -0.39 is 10.0 Å². The summed E-state index contributed by atoms with van der Waals surface area (Å²) in [6.45, 7) is 8.16. The van der Waals surface area contributed by atoms with Gasteiger partial charge in [0, 0.05) is 25.7 Å². The van der Waals surface area contributed by atoms with Gasteiger partial charge in [-0.25, -0.2) is 13.4 Å². The molecule has 4 rings (SSSR count). The summed E-state index contributed by atoms with van der Waals surface area (Å²) in [5.41, 5.74) is 3.46. The zero-order valence-electron chi connectivity index (χ0n) is 19.7. The first kappa shape index (κ1) is 24.4. The van der Waals surface area contributed by atoms with Crippen LogP contribution in [0.15, 0.2) is 53.4 Å². The molecule has 0 radical (unpaired) electrons. The van der Waals surface area contributed by atoms with Gasteiger partial charge < -0.3 is 5.32 Å². The average Bonchev–Trinajstić information content (AvgIpc) is 3.15. The van der Waals surface area contributed by atoms with Crippen molar-refractivity contribution in [2.45, 2.75) is 51.1 Å². The van der Waals surface area contributed by atoms with Crippen molar-refractivity contribution in [3.05, 3.63) is 75.8 Å². The lowest BCUT2D eigenvalue weighted by molar-refractivity contribution is 0.0912. The zero-order valence-corrected chi connectivity index (χ0v) is 21.3. The molecule has 2 N–H and O–H groups in total. The molecular formula is C25H30N4O3S2. The van der Waals surface area contributed by atoms with Crippen molar-refractivity contribution < 1.29 is 13.2 Å². The molecule has 9 heteroatoms. The monoisotopic (exact) mass is 498 g/mol. The fourth-order valence-corrected chi connectivity index (χ4v) is 6.58. The molecule has 0 saturated carbocycles. The maximum atomic E-state index is 12.9. The Labute approximate surface area is 205 Å². The van der Waals surface area contributed by atoms with Crippen LogP contribution in [0.4, 0.5) is 5.13 Å². The first-order chi connectivity index (χ1) is 16.2. The van der Waals surface area contributed by atoms with Crippen molar-refractivity contribution in [1.29, 1.82) is 0 Å². The van der Waals surface area contributed by atoms with Crippen molar-refractivity contribution in [2.24, 2.45) is 0 Å². The van der Waals surface area contributed by atoms with Gasteiger partial charge >= 0.3 is 0 Å². The minimum absolute atomic E-state index is 0.0939. The number of amides is 1. The molecule has 1 fully saturated rings. The van der Waals surface area contributed by atoms with Gasteiger partial charge in [0.2, 0.25) is 0 Å². The number of aryl methyl sites for hydroxylation is 3. The van der Waals surface area contributed by atoms with Crippen molar-refractivity contribution in [3.63, 3.8) is 0 Å².